The number of alkyl halides is 2. The van der Waals surface area contributed by atoms with Crippen LogP contribution in [0.25, 0.3) is 16.7 Å². The van der Waals surface area contributed by atoms with Gasteiger partial charge in [-0.2, -0.15) is 0 Å². The number of methoxy groups -OCH3 is 1. The number of nitrogens with two attached hydrogens (primary N) is 2. The van der Waals surface area contributed by atoms with Gasteiger partial charge in [0.15, 0.2) is 0 Å². The van der Waals surface area contributed by atoms with E-state index in [0.29, 0.717) is 11.4 Å². The van der Waals surface area contributed by atoms with E-state index in [1.807, 2.05) is 0 Å². The second-order valence-corrected chi connectivity index (χ2v) is 5.42. The normalized spacial score (nSPS) is 11.1. The Morgan fingerprint density at radius 3 is 2.38 bits per heavy atom. The van der Waals surface area contributed by atoms with E-state index in [1.54, 1.807) is 0 Å². The molecule has 0 spiro atoms. The molecule has 0 aliphatic carbocycles. The Balaban J connectivity index is 2.48. The first-order chi connectivity index (χ1) is 12.3. The van der Waals surface area contributed by atoms with Gasteiger partial charge in [0.25, 0.3) is 12.0 Å². The van der Waals surface area contributed by atoms with E-state index >= 15 is 0 Å². The molecule has 0 bridgehead atoms. The van der Waals surface area contributed by atoms with Gasteiger partial charge in [-0.05, 0) is 36.4 Å². The minimum atomic E-state index is -2.84. The number of rotatable bonds is 3. The Bertz CT molecular complexity index is 1060. The summed E-state index contributed by atoms with van der Waals surface area (Å²) in [6.45, 7) is 0. The number of nitrogens with zero attached hydrogens (tertiary/aromatic N) is 2. The molecule has 26 heavy (non-hydrogen) atoms. The topological polar surface area (TPSA) is 113 Å². The van der Waals surface area contributed by atoms with Gasteiger partial charge in [-0.3, -0.25) is 9.36 Å². The molecule has 2 aromatic heterocycles. The third kappa shape index (κ3) is 2.73. The number of esters is 1. The molecule has 2 heterocycles. The zero-order valence-corrected chi connectivity index (χ0v) is 13.6. The van der Waals surface area contributed by atoms with Gasteiger partial charge in [-0.25, -0.2) is 18.6 Å². The van der Waals surface area contributed by atoms with Crippen LogP contribution in [-0.4, -0.2) is 22.6 Å². The Labute approximate surface area is 145 Å². The number of benzene rings is 1. The van der Waals surface area contributed by atoms with Crippen molar-refractivity contribution in [3.63, 3.8) is 0 Å². The summed E-state index contributed by atoms with van der Waals surface area (Å²) in [7, 11) is 1.11. The molecule has 0 fully saturated rings. The average Bonchev–Trinajstić information content (AvgIpc) is 2.62. The molecule has 3 aromatic rings. The molecule has 134 valence electrons. The van der Waals surface area contributed by atoms with Crippen LogP contribution in [0, 0.1) is 0 Å². The smallest absolute Gasteiger partial charge is 0.345 e. The molecule has 7 nitrogen and oxygen atoms in total. The number of pyridine rings is 2. The Morgan fingerprint density at radius 1 is 1.15 bits per heavy atom. The number of carbonyl (C=O) groups excluding carboxylic acids is 1. The predicted octanol–water partition coefficient (Wildman–Crippen LogP) is 2.27. The van der Waals surface area contributed by atoms with Crippen molar-refractivity contribution in [2.75, 3.05) is 18.6 Å². The minimum absolute atomic E-state index is 0.0947. The van der Waals surface area contributed by atoms with Crippen LogP contribution in [-0.2, 0) is 4.74 Å². The van der Waals surface area contributed by atoms with Gasteiger partial charge in [-0.15, -0.1) is 0 Å². The zero-order chi connectivity index (χ0) is 19.0. The quantitative estimate of drug-likeness (QED) is 0.547. The SMILES string of the molecule is COC(=O)c1c(N)c2ccc(C(F)F)nc2n(-c2ccc(N)cc2)c1=O. The van der Waals surface area contributed by atoms with E-state index in [0.717, 1.165) is 17.7 Å². The maximum Gasteiger partial charge on any atom is 0.345 e. The van der Waals surface area contributed by atoms with Crippen LogP contribution in [0.3, 0.4) is 0 Å². The van der Waals surface area contributed by atoms with Crippen LogP contribution in [0.2, 0.25) is 0 Å². The summed E-state index contributed by atoms with van der Waals surface area (Å²) in [6, 6.07) is 8.44. The van der Waals surface area contributed by atoms with Crippen molar-refractivity contribution in [1.82, 2.24) is 9.55 Å². The fraction of sp³-hybridized carbons (Fsp3) is 0.118. The van der Waals surface area contributed by atoms with Crippen molar-refractivity contribution in [1.29, 1.82) is 0 Å². The summed E-state index contributed by atoms with van der Waals surface area (Å²) >= 11 is 0. The first-order valence-electron chi connectivity index (χ1n) is 7.42. The molecule has 0 amide bonds. The van der Waals surface area contributed by atoms with Crippen molar-refractivity contribution < 1.29 is 18.3 Å². The Kier molecular flexibility index (Phi) is 4.29. The van der Waals surface area contributed by atoms with Crippen LogP contribution >= 0.6 is 0 Å². The van der Waals surface area contributed by atoms with E-state index in [2.05, 4.69) is 9.72 Å². The molecule has 0 aliphatic rings. The van der Waals surface area contributed by atoms with Gasteiger partial charge in [0, 0.05) is 11.1 Å². The molecule has 3 rings (SSSR count). The van der Waals surface area contributed by atoms with E-state index in [-0.39, 0.29) is 16.7 Å². The summed E-state index contributed by atoms with van der Waals surface area (Å²) in [5.41, 5.74) is 10.3. The lowest BCUT2D eigenvalue weighted by atomic mass is 10.1. The van der Waals surface area contributed by atoms with Crippen molar-refractivity contribution in [2.24, 2.45) is 0 Å². The summed E-state index contributed by atoms with van der Waals surface area (Å²) in [6.07, 6.45) is -2.84. The van der Waals surface area contributed by atoms with Crippen LogP contribution in [0.1, 0.15) is 22.5 Å². The maximum atomic E-state index is 13.1. The first kappa shape index (κ1) is 17.3. The largest absolute Gasteiger partial charge is 0.465 e. The number of hydrogen-bond acceptors (Lipinski definition) is 6. The van der Waals surface area contributed by atoms with Crippen LogP contribution in [0.4, 0.5) is 20.2 Å². The van der Waals surface area contributed by atoms with Crippen LogP contribution in [0.5, 0.6) is 0 Å². The molecule has 0 saturated carbocycles. The summed E-state index contributed by atoms with van der Waals surface area (Å²) in [5, 5.41) is 0.172. The van der Waals surface area contributed by atoms with Gasteiger partial charge < -0.3 is 16.2 Å². The summed E-state index contributed by atoms with van der Waals surface area (Å²) < 4.78 is 31.8. The van der Waals surface area contributed by atoms with E-state index < -0.39 is 29.2 Å². The number of carbonyl (C=O) groups is 1. The van der Waals surface area contributed by atoms with Crippen molar-refractivity contribution in [3.05, 3.63) is 58.0 Å². The third-order valence-electron chi connectivity index (χ3n) is 3.85. The Hall–Kier alpha value is -3.49. The lowest BCUT2D eigenvalue weighted by molar-refractivity contribution is 0.0599. The number of nitrogen functional groups attached to an aromatic ring is 2. The first-order valence-corrected chi connectivity index (χ1v) is 7.42. The highest BCUT2D eigenvalue weighted by Gasteiger charge is 2.24. The number of aromatic nitrogens is 2. The molecular weight excluding hydrogens is 346 g/mol. The van der Waals surface area contributed by atoms with E-state index in [9.17, 15) is 18.4 Å². The van der Waals surface area contributed by atoms with Crippen molar-refractivity contribution >= 4 is 28.4 Å². The molecule has 0 atom stereocenters. The molecule has 4 N–H and O–H groups in total. The second-order valence-electron chi connectivity index (χ2n) is 5.42. The van der Waals surface area contributed by atoms with Crippen molar-refractivity contribution in [2.45, 2.75) is 6.43 Å². The highest BCUT2D eigenvalue weighted by atomic mass is 19.3. The highest BCUT2D eigenvalue weighted by molar-refractivity contribution is 6.03. The van der Waals surface area contributed by atoms with Crippen LogP contribution < -0.4 is 17.0 Å². The standard InChI is InChI=1S/C17H14F2N4O3/c1-26-17(25)12-13(21)10-6-7-11(14(18)19)22-15(10)23(16(12)24)9-4-2-8(20)3-5-9/h2-7,14H,20-21H2,1H3. The molecule has 0 unspecified atom stereocenters. The van der Waals surface area contributed by atoms with Crippen molar-refractivity contribution in [3.8, 4) is 5.69 Å². The van der Waals surface area contributed by atoms with E-state index in [4.69, 9.17) is 11.5 Å². The molecule has 0 saturated heterocycles. The third-order valence-corrected chi connectivity index (χ3v) is 3.85. The maximum absolute atomic E-state index is 13.1. The number of ether oxygens (including phenoxy) is 1. The number of hydrogen-bond donors (Lipinski definition) is 2. The fourth-order valence-corrected chi connectivity index (χ4v) is 2.59. The molecule has 0 radical (unpaired) electrons. The average molecular weight is 360 g/mol. The minimum Gasteiger partial charge on any atom is -0.465 e. The number of halogens is 2. The summed E-state index contributed by atoms with van der Waals surface area (Å²) in [5.74, 6) is -0.934. The fourth-order valence-electron chi connectivity index (χ4n) is 2.59. The van der Waals surface area contributed by atoms with Crippen LogP contribution in [0.15, 0.2) is 41.2 Å². The van der Waals surface area contributed by atoms with Gasteiger partial charge in [0.1, 0.15) is 16.9 Å². The van der Waals surface area contributed by atoms with E-state index in [1.165, 1.54) is 30.3 Å². The van der Waals surface area contributed by atoms with Gasteiger partial charge in [-0.1, -0.05) is 0 Å². The second kappa shape index (κ2) is 6.43. The number of anilines is 2. The molecule has 9 heteroatoms. The predicted molar refractivity (Wildman–Crippen MR) is 92.5 cm³/mol. The van der Waals surface area contributed by atoms with Gasteiger partial charge in [0.05, 0.1) is 18.5 Å². The Morgan fingerprint density at radius 2 is 1.81 bits per heavy atom. The van der Waals surface area contributed by atoms with Gasteiger partial charge in [0.2, 0.25) is 0 Å². The lowest BCUT2D eigenvalue weighted by Crippen LogP contribution is -2.28. The van der Waals surface area contributed by atoms with Gasteiger partial charge >= 0.3 is 5.97 Å². The molecular formula is C17H14F2N4O3. The molecule has 0 aliphatic heterocycles. The number of fused-ring (bicyclic) bond motifs is 1. The molecule has 1 aromatic carbocycles. The lowest BCUT2D eigenvalue weighted by Gasteiger charge is -2.15. The monoisotopic (exact) mass is 360 g/mol. The summed E-state index contributed by atoms with van der Waals surface area (Å²) in [4.78, 5) is 28.8. The zero-order valence-electron chi connectivity index (χ0n) is 13.6. The highest BCUT2D eigenvalue weighted by Crippen LogP contribution is 2.27.